The molecule has 0 unspecified atom stereocenters. The third-order valence-corrected chi connectivity index (χ3v) is 4.19. The van der Waals surface area contributed by atoms with Crippen LogP contribution in [0.4, 0.5) is 0 Å². The summed E-state index contributed by atoms with van der Waals surface area (Å²) in [4.78, 5) is 48.3. The van der Waals surface area contributed by atoms with E-state index in [0.29, 0.717) is 5.56 Å². The zero-order chi connectivity index (χ0) is 21.9. The van der Waals surface area contributed by atoms with Crippen molar-refractivity contribution < 1.29 is 28.7 Å². The number of hydrogen-bond acceptors (Lipinski definition) is 6. The summed E-state index contributed by atoms with van der Waals surface area (Å²) < 4.78 is 9.68. The first kappa shape index (κ1) is 22.6. The van der Waals surface area contributed by atoms with Gasteiger partial charge in [0, 0.05) is 12.0 Å². The van der Waals surface area contributed by atoms with Crippen molar-refractivity contribution in [2.45, 2.75) is 25.4 Å². The van der Waals surface area contributed by atoms with Crippen molar-refractivity contribution in [3.8, 4) is 0 Å². The first-order valence-corrected chi connectivity index (χ1v) is 9.34. The molecule has 158 valence electrons. The third kappa shape index (κ3) is 7.05. The van der Waals surface area contributed by atoms with E-state index in [4.69, 9.17) is 9.47 Å². The maximum Gasteiger partial charge on any atom is 0.328 e. The Morgan fingerprint density at radius 2 is 1.47 bits per heavy atom. The Balaban J connectivity index is 1.84. The number of rotatable bonds is 9. The summed E-state index contributed by atoms with van der Waals surface area (Å²) in [5.41, 5.74) is 1.24. The summed E-state index contributed by atoms with van der Waals surface area (Å²) in [5, 5.41) is 5.00. The van der Waals surface area contributed by atoms with Gasteiger partial charge in [0.15, 0.2) is 6.61 Å². The number of benzene rings is 2. The lowest BCUT2D eigenvalue weighted by atomic mass is 10.1. The molecule has 30 heavy (non-hydrogen) atoms. The van der Waals surface area contributed by atoms with Crippen LogP contribution in [0.2, 0.25) is 0 Å². The SMILES string of the molecule is COC(=O)[C@@H](Cc1ccccc1)NC(=O)COC(=O)[C@H](C)NC(=O)c1ccccc1. The molecule has 0 aliphatic carbocycles. The van der Waals surface area contributed by atoms with Crippen molar-refractivity contribution in [2.24, 2.45) is 0 Å². The maximum absolute atomic E-state index is 12.2. The lowest BCUT2D eigenvalue weighted by Gasteiger charge is -2.17. The molecule has 0 radical (unpaired) electrons. The molecule has 2 atom stereocenters. The van der Waals surface area contributed by atoms with E-state index in [-0.39, 0.29) is 6.42 Å². The van der Waals surface area contributed by atoms with Crippen LogP contribution in [0.25, 0.3) is 0 Å². The van der Waals surface area contributed by atoms with Gasteiger partial charge in [0.05, 0.1) is 7.11 Å². The second kappa shape index (κ2) is 11.4. The Bertz CT molecular complexity index is 870. The average molecular weight is 412 g/mol. The van der Waals surface area contributed by atoms with E-state index in [1.165, 1.54) is 14.0 Å². The molecule has 0 bridgehead atoms. The first-order valence-electron chi connectivity index (χ1n) is 9.34. The summed E-state index contributed by atoms with van der Waals surface area (Å²) in [6, 6.07) is 15.6. The van der Waals surface area contributed by atoms with Gasteiger partial charge in [-0.25, -0.2) is 9.59 Å². The van der Waals surface area contributed by atoms with Crippen LogP contribution in [0.1, 0.15) is 22.8 Å². The number of methoxy groups -OCH3 is 1. The minimum atomic E-state index is -0.953. The number of carbonyl (C=O) groups excluding carboxylic acids is 4. The fourth-order valence-corrected chi connectivity index (χ4v) is 2.61. The molecule has 0 saturated carbocycles. The van der Waals surface area contributed by atoms with Crippen molar-refractivity contribution in [3.63, 3.8) is 0 Å². The van der Waals surface area contributed by atoms with Gasteiger partial charge in [0.2, 0.25) is 0 Å². The van der Waals surface area contributed by atoms with E-state index in [1.807, 2.05) is 30.3 Å². The van der Waals surface area contributed by atoms with E-state index in [1.54, 1.807) is 30.3 Å². The van der Waals surface area contributed by atoms with Gasteiger partial charge in [-0.15, -0.1) is 0 Å². The molecule has 2 aromatic rings. The summed E-state index contributed by atoms with van der Waals surface area (Å²) in [6.45, 7) is 0.862. The molecule has 8 nitrogen and oxygen atoms in total. The lowest BCUT2D eigenvalue weighted by molar-refractivity contribution is -0.151. The van der Waals surface area contributed by atoms with Gasteiger partial charge in [-0.05, 0) is 24.6 Å². The van der Waals surface area contributed by atoms with E-state index in [0.717, 1.165) is 5.56 Å². The van der Waals surface area contributed by atoms with Gasteiger partial charge in [-0.2, -0.15) is 0 Å². The van der Waals surface area contributed by atoms with Crippen LogP contribution in [0, 0.1) is 0 Å². The molecule has 0 saturated heterocycles. The molecule has 2 rings (SSSR count). The summed E-state index contributed by atoms with van der Waals surface area (Å²) >= 11 is 0. The molecule has 0 aliphatic rings. The molecule has 8 heteroatoms. The number of ether oxygens (including phenoxy) is 2. The smallest absolute Gasteiger partial charge is 0.328 e. The van der Waals surface area contributed by atoms with Crippen molar-refractivity contribution in [1.82, 2.24) is 10.6 Å². The van der Waals surface area contributed by atoms with Gasteiger partial charge in [-0.3, -0.25) is 9.59 Å². The summed E-state index contributed by atoms with van der Waals surface area (Å²) in [5.74, 6) is -2.47. The largest absolute Gasteiger partial charge is 0.467 e. The van der Waals surface area contributed by atoms with Gasteiger partial charge in [-0.1, -0.05) is 48.5 Å². The average Bonchev–Trinajstić information content (AvgIpc) is 2.77. The second-order valence-electron chi connectivity index (χ2n) is 6.50. The van der Waals surface area contributed by atoms with Crippen LogP contribution in [-0.4, -0.2) is 49.6 Å². The molecule has 0 spiro atoms. The molecule has 0 heterocycles. The Kier molecular flexibility index (Phi) is 8.56. The summed E-state index contributed by atoms with van der Waals surface area (Å²) in [6.07, 6.45) is 0.233. The molecule has 2 amide bonds. The molecule has 2 N–H and O–H groups in total. The van der Waals surface area contributed by atoms with Gasteiger partial charge < -0.3 is 20.1 Å². The summed E-state index contributed by atoms with van der Waals surface area (Å²) in [7, 11) is 1.23. The van der Waals surface area contributed by atoms with Crippen LogP contribution in [-0.2, 0) is 30.3 Å². The molecular weight excluding hydrogens is 388 g/mol. The highest BCUT2D eigenvalue weighted by Crippen LogP contribution is 2.05. The highest BCUT2D eigenvalue weighted by atomic mass is 16.5. The zero-order valence-electron chi connectivity index (χ0n) is 16.8. The Hall–Kier alpha value is -3.68. The Morgan fingerprint density at radius 1 is 0.867 bits per heavy atom. The number of amides is 2. The fourth-order valence-electron chi connectivity index (χ4n) is 2.61. The number of hydrogen-bond donors (Lipinski definition) is 2. The topological polar surface area (TPSA) is 111 Å². The first-order chi connectivity index (χ1) is 14.4. The van der Waals surface area contributed by atoms with Crippen molar-refractivity contribution in [3.05, 3.63) is 71.8 Å². The molecule has 2 aromatic carbocycles. The van der Waals surface area contributed by atoms with Crippen molar-refractivity contribution in [2.75, 3.05) is 13.7 Å². The zero-order valence-corrected chi connectivity index (χ0v) is 16.8. The minimum absolute atomic E-state index is 0.233. The van der Waals surface area contributed by atoms with E-state index in [9.17, 15) is 19.2 Å². The van der Waals surface area contributed by atoms with Gasteiger partial charge in [0.25, 0.3) is 11.8 Å². The van der Waals surface area contributed by atoms with Crippen LogP contribution < -0.4 is 10.6 Å². The molecular formula is C22H24N2O6. The normalized spacial score (nSPS) is 12.2. The highest BCUT2D eigenvalue weighted by Gasteiger charge is 2.24. The number of nitrogens with one attached hydrogen (secondary N) is 2. The highest BCUT2D eigenvalue weighted by molar-refractivity contribution is 5.96. The quantitative estimate of drug-likeness (QED) is 0.600. The molecule has 0 aliphatic heterocycles. The van der Waals surface area contributed by atoms with E-state index >= 15 is 0 Å². The van der Waals surface area contributed by atoms with Crippen molar-refractivity contribution >= 4 is 23.8 Å². The minimum Gasteiger partial charge on any atom is -0.467 e. The monoisotopic (exact) mass is 412 g/mol. The van der Waals surface area contributed by atoms with Crippen LogP contribution >= 0.6 is 0 Å². The van der Waals surface area contributed by atoms with E-state index < -0.39 is 42.4 Å². The number of esters is 2. The third-order valence-electron chi connectivity index (χ3n) is 4.19. The molecule has 0 aromatic heterocycles. The van der Waals surface area contributed by atoms with Crippen LogP contribution in [0.3, 0.4) is 0 Å². The van der Waals surface area contributed by atoms with Gasteiger partial charge >= 0.3 is 11.9 Å². The second-order valence-corrected chi connectivity index (χ2v) is 6.50. The molecule has 0 fully saturated rings. The standard InChI is InChI=1S/C22H24N2O6/c1-15(23-20(26)17-11-7-4-8-12-17)21(27)30-14-19(25)24-18(22(28)29-2)13-16-9-5-3-6-10-16/h3-12,15,18H,13-14H2,1-2H3,(H,23,26)(H,24,25)/t15-,18+/m0/s1. The Morgan fingerprint density at radius 3 is 2.07 bits per heavy atom. The predicted molar refractivity (Wildman–Crippen MR) is 108 cm³/mol. The Labute approximate surface area is 174 Å². The van der Waals surface area contributed by atoms with Crippen molar-refractivity contribution in [1.29, 1.82) is 0 Å². The lowest BCUT2D eigenvalue weighted by Crippen LogP contribution is -2.46. The predicted octanol–water partition coefficient (Wildman–Crippen LogP) is 1.25. The van der Waals surface area contributed by atoms with E-state index in [2.05, 4.69) is 10.6 Å². The van der Waals surface area contributed by atoms with Gasteiger partial charge in [0.1, 0.15) is 12.1 Å². The fraction of sp³-hybridized carbons (Fsp3) is 0.273. The maximum atomic E-state index is 12.2. The van der Waals surface area contributed by atoms with Crippen LogP contribution in [0.5, 0.6) is 0 Å². The number of carbonyl (C=O) groups is 4. The van der Waals surface area contributed by atoms with Crippen LogP contribution in [0.15, 0.2) is 60.7 Å².